The van der Waals surface area contributed by atoms with Crippen LogP contribution < -0.4 is 4.90 Å². The number of hydrogen-bond donors (Lipinski definition) is 0. The van der Waals surface area contributed by atoms with Crippen molar-refractivity contribution in [3.63, 3.8) is 0 Å². The fourth-order valence-electron chi connectivity index (χ4n) is 8.85. The summed E-state index contributed by atoms with van der Waals surface area (Å²) in [7, 11) is 0. The maximum absolute atomic E-state index is 2.45. The van der Waals surface area contributed by atoms with Gasteiger partial charge in [-0.25, -0.2) is 0 Å². The van der Waals surface area contributed by atoms with E-state index in [-0.39, 0.29) is 10.8 Å². The van der Waals surface area contributed by atoms with Gasteiger partial charge >= 0.3 is 0 Å². The minimum Gasteiger partial charge on any atom is -0.310 e. The second kappa shape index (κ2) is 12.6. The maximum atomic E-state index is 2.45. The van der Waals surface area contributed by atoms with E-state index in [1.165, 1.54) is 82.3 Å². The van der Waals surface area contributed by atoms with Crippen LogP contribution in [0.2, 0.25) is 0 Å². The molecule has 0 fully saturated rings. The second-order valence-electron chi connectivity index (χ2n) is 15.6. The zero-order chi connectivity index (χ0) is 35.8. The van der Waals surface area contributed by atoms with Gasteiger partial charge in [0.05, 0.1) is 0 Å². The summed E-state index contributed by atoms with van der Waals surface area (Å²) < 4.78 is 0. The first kappa shape index (κ1) is 33.4. The molecule has 0 aromatic heterocycles. The quantitative estimate of drug-likeness (QED) is 0.173. The summed E-state index contributed by atoms with van der Waals surface area (Å²) in [4.78, 5) is 5.36. The number of benzene rings is 5. The molecule has 9 rings (SSSR count). The van der Waals surface area contributed by atoms with E-state index >= 15 is 0 Å². The highest BCUT2D eigenvalue weighted by Crippen LogP contribution is 2.57. The van der Waals surface area contributed by atoms with Crippen molar-refractivity contribution >= 4 is 51.7 Å². The van der Waals surface area contributed by atoms with Crippen molar-refractivity contribution in [3.8, 4) is 22.3 Å². The van der Waals surface area contributed by atoms with E-state index in [1.807, 2.05) is 23.5 Å². The molecule has 3 heteroatoms. The van der Waals surface area contributed by atoms with Crippen LogP contribution in [0.15, 0.2) is 143 Å². The smallest absolute Gasteiger partial charge is 0.0487 e. The van der Waals surface area contributed by atoms with Gasteiger partial charge in [-0.2, -0.15) is 0 Å². The fraction of sp³-hybridized carbons (Fsp3) is 0.224. The van der Waals surface area contributed by atoms with E-state index in [0.717, 1.165) is 29.3 Å². The van der Waals surface area contributed by atoms with Crippen molar-refractivity contribution in [2.75, 3.05) is 9.98 Å². The van der Waals surface area contributed by atoms with Crippen LogP contribution in [0.3, 0.4) is 0 Å². The molecule has 0 N–H and O–H groups in total. The number of fused-ring (bicyclic) bond motifs is 6. The summed E-state index contributed by atoms with van der Waals surface area (Å²) in [6, 6.07) is 37.2. The Bertz CT molecular complexity index is 2380. The first-order chi connectivity index (χ1) is 25.2. The van der Waals surface area contributed by atoms with Gasteiger partial charge in [-0.3, -0.25) is 0 Å². The maximum Gasteiger partial charge on any atom is 0.0487 e. The number of hydrogen-bond acceptors (Lipinski definition) is 3. The van der Waals surface area contributed by atoms with Gasteiger partial charge in [-0.05, 0) is 136 Å². The Kier molecular flexibility index (Phi) is 8.10. The molecule has 1 aliphatic heterocycles. The largest absolute Gasteiger partial charge is 0.310 e. The van der Waals surface area contributed by atoms with Gasteiger partial charge in [0.25, 0.3) is 0 Å². The molecule has 1 nitrogen and oxygen atoms in total. The van der Waals surface area contributed by atoms with Crippen molar-refractivity contribution in [3.05, 3.63) is 161 Å². The normalized spacial score (nSPS) is 17.6. The average Bonchev–Trinajstić information content (AvgIpc) is 3.79. The molecule has 0 saturated carbocycles. The third-order valence-corrected chi connectivity index (χ3v) is 14.4. The fourth-order valence-corrected chi connectivity index (χ4v) is 11.5. The van der Waals surface area contributed by atoms with Crippen molar-refractivity contribution < 1.29 is 0 Å². The molecule has 5 aromatic carbocycles. The Morgan fingerprint density at radius 1 is 0.635 bits per heavy atom. The molecule has 1 heterocycles. The molecular formula is C49H45NS2. The topological polar surface area (TPSA) is 3.24 Å². The summed E-state index contributed by atoms with van der Waals surface area (Å²) in [5.41, 5.74) is 19.8. The highest BCUT2D eigenvalue weighted by atomic mass is 32.2. The van der Waals surface area contributed by atoms with Crippen molar-refractivity contribution in [1.29, 1.82) is 0 Å². The second-order valence-corrected chi connectivity index (χ2v) is 17.9. The molecular weight excluding hydrogens is 667 g/mol. The summed E-state index contributed by atoms with van der Waals surface area (Å²) in [6.07, 6.45) is 13.6. The van der Waals surface area contributed by atoms with Gasteiger partial charge in [0, 0.05) is 42.8 Å². The molecule has 0 amide bonds. The Balaban J connectivity index is 1.10. The first-order valence-electron chi connectivity index (χ1n) is 18.6. The highest BCUT2D eigenvalue weighted by Gasteiger charge is 2.40. The van der Waals surface area contributed by atoms with Gasteiger partial charge in [0.2, 0.25) is 0 Å². The van der Waals surface area contributed by atoms with Crippen LogP contribution in [0, 0.1) is 0 Å². The number of allylic oxidation sites excluding steroid dienone is 8. The van der Waals surface area contributed by atoms with Crippen molar-refractivity contribution in [1.82, 2.24) is 0 Å². The first-order valence-corrected chi connectivity index (χ1v) is 20.6. The zero-order valence-electron chi connectivity index (χ0n) is 31.0. The number of nitrogens with zero attached hydrogens (tertiary/aromatic N) is 1. The molecule has 5 aromatic rings. The average molecular weight is 712 g/mol. The van der Waals surface area contributed by atoms with Gasteiger partial charge in [0.15, 0.2) is 0 Å². The molecule has 258 valence electrons. The van der Waals surface area contributed by atoms with Crippen LogP contribution in [0.5, 0.6) is 0 Å². The molecule has 0 saturated heterocycles. The van der Waals surface area contributed by atoms with Crippen LogP contribution in [0.4, 0.5) is 17.1 Å². The van der Waals surface area contributed by atoms with Crippen LogP contribution >= 0.6 is 23.5 Å². The van der Waals surface area contributed by atoms with Gasteiger partial charge in [-0.15, -0.1) is 23.5 Å². The molecule has 4 aliphatic rings. The summed E-state index contributed by atoms with van der Waals surface area (Å²) in [5.74, 6) is 0. The standard InChI is InChI=1S/C49H45NS2/c1-7-11-39-31(2)48(3,4)44-29-38(23-25-40(39)44)50(36-19-14-33(15-20-36)32-12-9-8-10-13-32)37-21-16-34(17-22-37)35-18-24-41-42-26-27-45-47(52-30-51-45)46(42)49(5,6)43(41)28-35/h7,9,11-29H,8,10,30H2,1-6H3/b11-7-. The number of rotatable bonds is 6. The van der Waals surface area contributed by atoms with E-state index in [2.05, 4.69) is 174 Å². The molecule has 0 atom stereocenters. The lowest BCUT2D eigenvalue weighted by Gasteiger charge is -2.29. The van der Waals surface area contributed by atoms with E-state index in [4.69, 9.17) is 0 Å². The van der Waals surface area contributed by atoms with E-state index in [0.29, 0.717) is 0 Å². The van der Waals surface area contributed by atoms with Gasteiger partial charge in [-0.1, -0.05) is 112 Å². The molecule has 52 heavy (non-hydrogen) atoms. The predicted molar refractivity (Wildman–Crippen MR) is 227 cm³/mol. The molecule has 0 bridgehead atoms. The lowest BCUT2D eigenvalue weighted by atomic mass is 9.81. The van der Waals surface area contributed by atoms with Gasteiger partial charge in [0.1, 0.15) is 0 Å². The van der Waals surface area contributed by atoms with E-state index in [1.54, 1.807) is 0 Å². The summed E-state index contributed by atoms with van der Waals surface area (Å²) in [5, 5.41) is 1.11. The van der Waals surface area contributed by atoms with Gasteiger partial charge < -0.3 is 4.90 Å². The zero-order valence-corrected chi connectivity index (χ0v) is 32.6. The number of thioether (sulfide) groups is 2. The van der Waals surface area contributed by atoms with Crippen LogP contribution in [-0.4, -0.2) is 5.08 Å². The van der Waals surface area contributed by atoms with Crippen LogP contribution in [0.1, 0.15) is 82.2 Å². The Hall–Kier alpha value is -4.44. The summed E-state index contributed by atoms with van der Waals surface area (Å²) >= 11 is 3.99. The lowest BCUT2D eigenvalue weighted by molar-refractivity contribution is 0.639. The highest BCUT2D eigenvalue weighted by molar-refractivity contribution is 8.18. The Morgan fingerprint density at radius 3 is 2.00 bits per heavy atom. The molecule has 0 radical (unpaired) electrons. The third kappa shape index (κ3) is 5.23. The monoisotopic (exact) mass is 711 g/mol. The molecule has 0 unspecified atom stereocenters. The Labute approximate surface area is 318 Å². The van der Waals surface area contributed by atoms with Crippen LogP contribution in [0.25, 0.3) is 33.4 Å². The predicted octanol–water partition coefficient (Wildman–Crippen LogP) is 14.7. The minimum atomic E-state index is -0.0437. The lowest BCUT2D eigenvalue weighted by Crippen LogP contribution is -2.17. The molecule has 0 spiro atoms. The Morgan fingerprint density at radius 2 is 1.29 bits per heavy atom. The van der Waals surface area contributed by atoms with Crippen molar-refractivity contribution in [2.45, 2.75) is 75.0 Å². The van der Waals surface area contributed by atoms with Crippen molar-refractivity contribution in [2.24, 2.45) is 0 Å². The van der Waals surface area contributed by atoms with E-state index < -0.39 is 0 Å². The number of anilines is 3. The van der Waals surface area contributed by atoms with Crippen LogP contribution in [-0.2, 0) is 10.8 Å². The third-order valence-electron chi connectivity index (χ3n) is 12.0. The minimum absolute atomic E-state index is 0.0301. The molecule has 3 aliphatic carbocycles. The summed E-state index contributed by atoms with van der Waals surface area (Å²) in [6.45, 7) is 14.0. The van der Waals surface area contributed by atoms with E-state index in [9.17, 15) is 0 Å². The SMILES string of the molecule is C/C=C\C1=C(C)C(C)(C)c2cc(N(c3ccc(C4=CCCC=C4)cc3)c3ccc(-c4ccc5c(c4)C(C)(C)c4c-5ccc5c4SCS5)cc3)ccc21.